The Morgan fingerprint density at radius 2 is 1.91 bits per heavy atom. The molecule has 1 unspecified atom stereocenters. The first kappa shape index (κ1) is 25.1. The van der Waals surface area contributed by atoms with Crippen molar-refractivity contribution >= 4 is 50.3 Å². The van der Waals surface area contributed by atoms with Gasteiger partial charge in [0.25, 0.3) is 0 Å². The number of nitrogens with one attached hydrogen (secondary N) is 2. The van der Waals surface area contributed by atoms with Crippen molar-refractivity contribution in [2.75, 3.05) is 32.5 Å². The molecule has 4 rings (SSSR count). The summed E-state index contributed by atoms with van der Waals surface area (Å²) in [7, 11) is 3.99. The fraction of sp³-hybridized carbons (Fsp3) is 0.231. The predicted molar refractivity (Wildman–Crippen MR) is 148 cm³/mol. The number of halogens is 1. The van der Waals surface area contributed by atoms with E-state index in [1.165, 1.54) is 4.90 Å². The Bertz CT molecular complexity index is 1390. The van der Waals surface area contributed by atoms with Gasteiger partial charge in [-0.05, 0) is 93.0 Å². The lowest BCUT2D eigenvalue weighted by Crippen LogP contribution is -2.23. The molecule has 1 aromatic heterocycles. The van der Waals surface area contributed by atoms with Crippen LogP contribution in [0.25, 0.3) is 22.2 Å². The van der Waals surface area contributed by atoms with E-state index >= 15 is 0 Å². The number of phenolic OH excluding ortho intramolecular Hbond substituents is 1. The van der Waals surface area contributed by atoms with Crippen LogP contribution in [0.15, 0.2) is 59.5 Å². The summed E-state index contributed by atoms with van der Waals surface area (Å²) in [4.78, 5) is 8.07. The van der Waals surface area contributed by atoms with Crippen molar-refractivity contribution in [2.45, 2.75) is 18.7 Å². The smallest absolute Gasteiger partial charge is 0.247 e. The highest BCUT2D eigenvalue weighted by Crippen LogP contribution is 2.34. The number of aromatic nitrogens is 3. The summed E-state index contributed by atoms with van der Waals surface area (Å²) in [5, 5.41) is 24.6. The third-order valence-corrected chi connectivity index (χ3v) is 7.49. The van der Waals surface area contributed by atoms with Gasteiger partial charge in [0.15, 0.2) is 0 Å². The van der Waals surface area contributed by atoms with Crippen molar-refractivity contribution in [1.82, 2.24) is 24.8 Å². The van der Waals surface area contributed by atoms with Crippen LogP contribution in [0.1, 0.15) is 12.5 Å². The Kier molecular flexibility index (Phi) is 7.97. The van der Waals surface area contributed by atoms with Gasteiger partial charge in [0.05, 0.1) is 5.52 Å². The van der Waals surface area contributed by atoms with Crippen molar-refractivity contribution in [1.29, 1.82) is 0 Å². The number of hydrogen-bond acceptors (Lipinski definition) is 7. The zero-order valence-corrected chi connectivity index (χ0v) is 21.8. The van der Waals surface area contributed by atoms with Crippen molar-refractivity contribution < 1.29 is 5.11 Å². The molecule has 7 nitrogen and oxygen atoms in total. The highest BCUT2D eigenvalue weighted by Gasteiger charge is 2.11. The van der Waals surface area contributed by atoms with E-state index in [1.807, 2.05) is 31.2 Å². The van der Waals surface area contributed by atoms with Gasteiger partial charge in [-0.25, -0.2) is 4.98 Å². The van der Waals surface area contributed by atoms with Crippen LogP contribution < -0.4 is 10.0 Å². The van der Waals surface area contributed by atoms with E-state index < -0.39 is 0 Å². The van der Waals surface area contributed by atoms with E-state index in [2.05, 4.69) is 63.7 Å². The standard InChI is InChI=1S/C26H29ClN6OS/c1-5-35(28-11-12-33(3)4)21-8-6-7-19(15-21)29-26-30-25-17(2)13-18(14-24(25)31-32-26)22-16-20(34)9-10-23(22)27/h5-10,13-16,28,34H,11-12H2,1-4H3,(H,29,30,32). The summed E-state index contributed by atoms with van der Waals surface area (Å²) in [5.74, 6) is 0.589. The molecule has 3 N–H and O–H groups in total. The van der Waals surface area contributed by atoms with Gasteiger partial charge >= 0.3 is 0 Å². The van der Waals surface area contributed by atoms with E-state index in [4.69, 9.17) is 16.6 Å². The number of anilines is 2. The van der Waals surface area contributed by atoms with Crippen molar-refractivity contribution in [2.24, 2.45) is 0 Å². The highest BCUT2D eigenvalue weighted by molar-refractivity contribution is 8.13. The minimum Gasteiger partial charge on any atom is -0.508 e. The molecule has 4 aromatic rings. The van der Waals surface area contributed by atoms with Gasteiger partial charge in [0, 0.05) is 34.3 Å². The topological polar surface area (TPSA) is 86.2 Å². The number of aryl methyl sites for hydroxylation is 1. The molecule has 1 atom stereocenters. The molecule has 0 aliphatic rings. The molecule has 3 aromatic carbocycles. The lowest BCUT2D eigenvalue weighted by Gasteiger charge is -2.15. The average Bonchev–Trinajstić information content (AvgIpc) is 2.83. The number of hydrogen-bond donors (Lipinski definition) is 3. The Morgan fingerprint density at radius 1 is 1.09 bits per heavy atom. The van der Waals surface area contributed by atoms with Crippen LogP contribution in [-0.2, 0) is 0 Å². The van der Waals surface area contributed by atoms with Crippen LogP contribution in [0, 0.1) is 6.92 Å². The number of nitrogens with zero attached hydrogens (tertiary/aromatic N) is 4. The van der Waals surface area contributed by atoms with E-state index in [9.17, 15) is 5.11 Å². The SMILES string of the molecule is C/C=S(\NCCN(C)C)c1cccc(Nc2nnc3cc(-c4cc(O)ccc4Cl)cc(C)c3n2)c1. The maximum atomic E-state index is 9.88. The fourth-order valence-corrected chi connectivity index (χ4v) is 5.30. The summed E-state index contributed by atoms with van der Waals surface area (Å²) in [6.07, 6.45) is 0. The van der Waals surface area contributed by atoms with E-state index in [0.717, 1.165) is 41.0 Å². The van der Waals surface area contributed by atoms with E-state index in [-0.39, 0.29) is 16.4 Å². The minimum absolute atomic E-state index is 0.157. The summed E-state index contributed by atoms with van der Waals surface area (Å²) < 4.78 is 3.60. The molecule has 0 bridgehead atoms. The summed E-state index contributed by atoms with van der Waals surface area (Å²) in [6.45, 7) is 5.93. The van der Waals surface area contributed by atoms with Crippen LogP contribution in [-0.4, -0.2) is 57.7 Å². The molecule has 0 spiro atoms. The van der Waals surface area contributed by atoms with Crippen molar-refractivity contribution in [3.8, 4) is 16.9 Å². The molecule has 0 aliphatic heterocycles. The van der Waals surface area contributed by atoms with Gasteiger partial charge < -0.3 is 15.3 Å². The first-order chi connectivity index (χ1) is 16.8. The molecule has 0 amide bonds. The molecule has 1 heterocycles. The van der Waals surface area contributed by atoms with E-state index in [0.29, 0.717) is 16.5 Å². The number of aromatic hydroxyl groups is 1. The van der Waals surface area contributed by atoms with Crippen molar-refractivity contribution in [3.63, 3.8) is 0 Å². The van der Waals surface area contributed by atoms with E-state index in [1.54, 1.807) is 18.2 Å². The zero-order valence-electron chi connectivity index (χ0n) is 20.2. The monoisotopic (exact) mass is 508 g/mol. The molecule has 0 aliphatic carbocycles. The number of phenols is 1. The number of fused-ring (bicyclic) bond motifs is 1. The first-order valence-corrected chi connectivity index (χ1v) is 12.9. The Hall–Kier alpha value is -3.04. The Morgan fingerprint density at radius 3 is 2.69 bits per heavy atom. The van der Waals surface area contributed by atoms with Crippen LogP contribution in [0.3, 0.4) is 0 Å². The predicted octanol–water partition coefficient (Wildman–Crippen LogP) is 5.62. The molecule has 0 saturated carbocycles. The molecule has 0 fully saturated rings. The zero-order chi connectivity index (χ0) is 24.9. The minimum atomic E-state index is -0.157. The Balaban J connectivity index is 1.58. The lowest BCUT2D eigenvalue weighted by atomic mass is 10.0. The summed E-state index contributed by atoms with van der Waals surface area (Å²) >= 11 is 6.36. The second-order valence-electron chi connectivity index (χ2n) is 8.38. The van der Waals surface area contributed by atoms with Crippen LogP contribution in [0.5, 0.6) is 5.75 Å². The highest BCUT2D eigenvalue weighted by atomic mass is 35.5. The van der Waals surface area contributed by atoms with Crippen LogP contribution in [0.2, 0.25) is 5.02 Å². The van der Waals surface area contributed by atoms with Gasteiger partial charge in [-0.1, -0.05) is 28.3 Å². The second kappa shape index (κ2) is 11.1. The fourth-order valence-electron chi connectivity index (χ4n) is 3.68. The molecule has 0 radical (unpaired) electrons. The molecule has 9 heteroatoms. The molecular formula is C26H29ClN6OS. The van der Waals surface area contributed by atoms with Gasteiger partial charge in [-0.2, -0.15) is 0 Å². The van der Waals surface area contributed by atoms with Gasteiger partial charge in [-0.3, -0.25) is 4.72 Å². The van der Waals surface area contributed by atoms with Gasteiger partial charge in [0.1, 0.15) is 11.3 Å². The van der Waals surface area contributed by atoms with Crippen molar-refractivity contribution in [3.05, 3.63) is 65.2 Å². The largest absolute Gasteiger partial charge is 0.508 e. The average molecular weight is 509 g/mol. The third-order valence-electron chi connectivity index (χ3n) is 5.41. The summed E-state index contributed by atoms with van der Waals surface area (Å²) in [5.41, 5.74) is 4.84. The third kappa shape index (κ3) is 6.15. The molecule has 35 heavy (non-hydrogen) atoms. The van der Waals surface area contributed by atoms with Crippen LogP contribution >= 0.6 is 22.3 Å². The maximum absolute atomic E-state index is 9.88. The molecule has 182 valence electrons. The molecular weight excluding hydrogens is 480 g/mol. The van der Waals surface area contributed by atoms with Crippen LogP contribution in [0.4, 0.5) is 11.6 Å². The van der Waals surface area contributed by atoms with Gasteiger partial charge in [0.2, 0.25) is 5.95 Å². The quantitative estimate of drug-likeness (QED) is 0.266. The summed E-state index contributed by atoms with van der Waals surface area (Å²) in [6, 6.07) is 17.0. The van der Waals surface area contributed by atoms with Gasteiger partial charge in [-0.15, -0.1) is 10.2 Å². The lowest BCUT2D eigenvalue weighted by molar-refractivity contribution is 0.415. The normalized spacial score (nSPS) is 12.4. The second-order valence-corrected chi connectivity index (χ2v) is 10.7. The Labute approximate surface area is 213 Å². The number of benzene rings is 3. The molecule has 0 saturated heterocycles. The maximum Gasteiger partial charge on any atom is 0.247 e. The number of likely N-dealkylation sites (N-methyl/N-ethyl adjacent to an activating group) is 1. The first-order valence-electron chi connectivity index (χ1n) is 11.3. The number of rotatable bonds is 8.